The van der Waals surface area contributed by atoms with Crippen LogP contribution in [0.1, 0.15) is 37.6 Å². The van der Waals surface area contributed by atoms with Crippen LogP contribution in [0.15, 0.2) is 35.5 Å². The molecule has 0 spiro atoms. The minimum Gasteiger partial charge on any atom is -0.338 e. The van der Waals surface area contributed by atoms with Crippen molar-refractivity contribution in [3.63, 3.8) is 0 Å². The summed E-state index contributed by atoms with van der Waals surface area (Å²) in [6.07, 6.45) is 2.33. The van der Waals surface area contributed by atoms with Gasteiger partial charge in [0.15, 0.2) is 0 Å². The fourth-order valence-electron chi connectivity index (χ4n) is 3.19. The van der Waals surface area contributed by atoms with Crippen molar-refractivity contribution >= 4 is 15.9 Å². The standard InChI is InChI=1S/C19H24N6O3S/c1-3-15(2)16-4-6-17(7-5-16)29(27,28)25-10-8-23(9-11-25)19(26)13-24-14-21-18(12-20)22-24/h4-7,14-15H,3,8-11,13H2,1-2H3/t15-/m1/s1. The van der Waals surface area contributed by atoms with Crippen LogP contribution in [0, 0.1) is 11.3 Å². The van der Waals surface area contributed by atoms with Crippen molar-refractivity contribution in [1.29, 1.82) is 5.26 Å². The fraction of sp³-hybridized carbons (Fsp3) is 0.474. The Labute approximate surface area is 170 Å². The van der Waals surface area contributed by atoms with Crippen molar-refractivity contribution in [1.82, 2.24) is 24.0 Å². The van der Waals surface area contributed by atoms with Crippen molar-refractivity contribution in [3.05, 3.63) is 42.0 Å². The van der Waals surface area contributed by atoms with Crippen LogP contribution in [0.4, 0.5) is 0 Å². The van der Waals surface area contributed by atoms with E-state index in [2.05, 4.69) is 23.9 Å². The van der Waals surface area contributed by atoms with Gasteiger partial charge in [-0.3, -0.25) is 4.79 Å². The second kappa shape index (κ2) is 8.71. The number of piperazine rings is 1. The SMILES string of the molecule is CC[C@@H](C)c1ccc(S(=O)(=O)N2CCN(C(=O)Cn3cnc(C#N)n3)CC2)cc1. The third kappa shape index (κ3) is 4.63. The van der Waals surface area contributed by atoms with Gasteiger partial charge < -0.3 is 4.90 Å². The zero-order valence-electron chi connectivity index (χ0n) is 16.5. The average Bonchev–Trinajstić information content (AvgIpc) is 3.20. The number of sulfonamides is 1. The number of nitriles is 1. The smallest absolute Gasteiger partial charge is 0.252 e. The highest BCUT2D eigenvalue weighted by molar-refractivity contribution is 7.89. The number of hydrogen-bond donors (Lipinski definition) is 0. The van der Waals surface area contributed by atoms with E-state index < -0.39 is 10.0 Å². The summed E-state index contributed by atoms with van der Waals surface area (Å²) in [6.45, 7) is 5.27. The molecule has 2 aromatic rings. The Morgan fingerprint density at radius 3 is 2.41 bits per heavy atom. The van der Waals surface area contributed by atoms with Gasteiger partial charge in [0.05, 0.1) is 4.90 Å². The van der Waals surface area contributed by atoms with Crippen LogP contribution in [0.2, 0.25) is 0 Å². The summed E-state index contributed by atoms with van der Waals surface area (Å²) < 4.78 is 28.5. The van der Waals surface area contributed by atoms with Crippen LogP contribution < -0.4 is 0 Å². The molecule has 0 aliphatic carbocycles. The summed E-state index contributed by atoms with van der Waals surface area (Å²) in [5, 5.41) is 12.6. The van der Waals surface area contributed by atoms with Crippen molar-refractivity contribution in [2.45, 2.75) is 37.6 Å². The van der Waals surface area contributed by atoms with Gasteiger partial charge in [-0.25, -0.2) is 18.1 Å². The lowest BCUT2D eigenvalue weighted by Gasteiger charge is -2.34. The van der Waals surface area contributed by atoms with Crippen LogP contribution >= 0.6 is 0 Å². The lowest BCUT2D eigenvalue weighted by atomic mass is 9.99. The van der Waals surface area contributed by atoms with Crippen molar-refractivity contribution in [3.8, 4) is 6.07 Å². The lowest BCUT2D eigenvalue weighted by molar-refractivity contribution is -0.133. The molecule has 0 unspecified atom stereocenters. The second-order valence-corrected chi connectivity index (χ2v) is 8.98. The molecule has 29 heavy (non-hydrogen) atoms. The normalized spacial score (nSPS) is 16.4. The summed E-state index contributed by atoms with van der Waals surface area (Å²) >= 11 is 0. The van der Waals surface area contributed by atoms with E-state index in [1.165, 1.54) is 15.3 Å². The monoisotopic (exact) mass is 416 g/mol. The van der Waals surface area contributed by atoms with E-state index >= 15 is 0 Å². The van der Waals surface area contributed by atoms with Gasteiger partial charge >= 0.3 is 0 Å². The molecule has 1 aromatic carbocycles. The molecule has 154 valence electrons. The van der Waals surface area contributed by atoms with Crippen LogP contribution in [-0.2, 0) is 21.4 Å². The average molecular weight is 417 g/mol. The first-order chi connectivity index (χ1) is 13.8. The maximum Gasteiger partial charge on any atom is 0.252 e. The quantitative estimate of drug-likeness (QED) is 0.699. The minimum atomic E-state index is -3.59. The number of carbonyl (C=O) groups excluding carboxylic acids is 1. The molecule has 0 radical (unpaired) electrons. The molecule has 1 saturated heterocycles. The predicted octanol–water partition coefficient (Wildman–Crippen LogP) is 1.20. The molecule has 10 heteroatoms. The third-order valence-corrected chi connectivity index (χ3v) is 7.14. The summed E-state index contributed by atoms with van der Waals surface area (Å²) in [5.74, 6) is 0.206. The Kier molecular flexibility index (Phi) is 6.30. The van der Waals surface area contributed by atoms with E-state index in [0.717, 1.165) is 12.0 Å². The summed E-state index contributed by atoms with van der Waals surface area (Å²) in [5.41, 5.74) is 1.12. The molecule has 1 aliphatic rings. The van der Waals surface area contributed by atoms with Gasteiger partial charge in [0.1, 0.15) is 18.9 Å². The maximum absolute atomic E-state index is 12.9. The van der Waals surface area contributed by atoms with Gasteiger partial charge in [-0.2, -0.15) is 9.57 Å². The highest BCUT2D eigenvalue weighted by Crippen LogP contribution is 2.23. The maximum atomic E-state index is 12.9. The molecule has 0 bridgehead atoms. The van der Waals surface area contributed by atoms with Crippen molar-refractivity contribution in [2.24, 2.45) is 0 Å². The largest absolute Gasteiger partial charge is 0.338 e. The zero-order valence-corrected chi connectivity index (χ0v) is 17.3. The predicted molar refractivity (Wildman–Crippen MR) is 105 cm³/mol. The van der Waals surface area contributed by atoms with Crippen molar-refractivity contribution in [2.75, 3.05) is 26.2 Å². The molecule has 1 fully saturated rings. The molecule has 9 nitrogen and oxygen atoms in total. The number of nitrogens with zero attached hydrogens (tertiary/aromatic N) is 6. The first kappa shape index (κ1) is 21.0. The number of benzene rings is 1. The Bertz CT molecular complexity index is 1000. The van der Waals surface area contributed by atoms with E-state index in [9.17, 15) is 13.2 Å². The fourth-order valence-corrected chi connectivity index (χ4v) is 4.61. The number of hydrogen-bond acceptors (Lipinski definition) is 6. The van der Waals surface area contributed by atoms with Gasteiger partial charge in [-0.1, -0.05) is 26.0 Å². The molecule has 1 amide bonds. The topological polar surface area (TPSA) is 112 Å². The van der Waals surface area contributed by atoms with Crippen LogP contribution in [0.25, 0.3) is 0 Å². The third-order valence-electron chi connectivity index (χ3n) is 5.22. The molecule has 3 rings (SSSR count). The highest BCUT2D eigenvalue weighted by Gasteiger charge is 2.30. The highest BCUT2D eigenvalue weighted by atomic mass is 32.2. The van der Waals surface area contributed by atoms with Crippen LogP contribution in [0.3, 0.4) is 0 Å². The summed E-state index contributed by atoms with van der Waals surface area (Å²) in [7, 11) is -3.59. The molecule has 0 saturated carbocycles. The van der Waals surface area contributed by atoms with Crippen LogP contribution in [-0.4, -0.2) is 64.5 Å². The van der Waals surface area contributed by atoms with E-state index in [1.807, 2.05) is 18.2 Å². The van der Waals surface area contributed by atoms with Gasteiger partial charge in [0.2, 0.25) is 15.9 Å². The Balaban J connectivity index is 1.60. The first-order valence-electron chi connectivity index (χ1n) is 9.52. The lowest BCUT2D eigenvalue weighted by Crippen LogP contribution is -2.51. The van der Waals surface area contributed by atoms with E-state index in [1.54, 1.807) is 17.0 Å². The molecule has 1 aliphatic heterocycles. The first-order valence-corrected chi connectivity index (χ1v) is 11.0. The zero-order chi connectivity index (χ0) is 21.0. The van der Waals surface area contributed by atoms with Gasteiger partial charge in [-0.15, -0.1) is 5.10 Å². The Morgan fingerprint density at radius 1 is 1.21 bits per heavy atom. The Hall–Kier alpha value is -2.77. The molecule has 1 aromatic heterocycles. The van der Waals surface area contributed by atoms with Crippen LogP contribution in [0.5, 0.6) is 0 Å². The number of carbonyl (C=O) groups is 1. The van der Waals surface area contributed by atoms with Crippen molar-refractivity contribution < 1.29 is 13.2 Å². The summed E-state index contributed by atoms with van der Waals surface area (Å²) in [4.78, 5) is 18.1. The van der Waals surface area contributed by atoms with Gasteiger partial charge in [0.25, 0.3) is 5.82 Å². The molecule has 1 atom stereocenters. The van der Waals surface area contributed by atoms with E-state index in [4.69, 9.17) is 5.26 Å². The molecular weight excluding hydrogens is 392 g/mol. The number of amides is 1. The van der Waals surface area contributed by atoms with Gasteiger partial charge in [-0.05, 0) is 30.0 Å². The molecular formula is C19H24N6O3S. The number of aromatic nitrogens is 3. The van der Waals surface area contributed by atoms with Gasteiger partial charge in [0, 0.05) is 26.2 Å². The number of rotatable bonds is 6. The minimum absolute atomic E-state index is 0.00746. The van der Waals surface area contributed by atoms with E-state index in [0.29, 0.717) is 19.0 Å². The summed E-state index contributed by atoms with van der Waals surface area (Å²) in [6, 6.07) is 8.87. The van der Waals surface area contributed by atoms with E-state index in [-0.39, 0.29) is 36.3 Å². The molecule has 0 N–H and O–H groups in total. The molecule has 2 heterocycles. The second-order valence-electron chi connectivity index (χ2n) is 7.04. The Morgan fingerprint density at radius 2 is 1.86 bits per heavy atom.